The van der Waals surface area contributed by atoms with Crippen LogP contribution in [0.4, 0.5) is 0 Å². The Morgan fingerprint density at radius 2 is 1.96 bits per heavy atom. The van der Waals surface area contributed by atoms with Gasteiger partial charge in [-0.2, -0.15) is 0 Å². The van der Waals surface area contributed by atoms with Gasteiger partial charge >= 0.3 is 13.6 Å². The van der Waals surface area contributed by atoms with Gasteiger partial charge in [-0.05, 0) is 31.0 Å². The van der Waals surface area contributed by atoms with Gasteiger partial charge in [-0.25, -0.2) is 0 Å². The monoisotopic (exact) mass is 345 g/mol. The van der Waals surface area contributed by atoms with E-state index in [2.05, 4.69) is 0 Å². The zero-order chi connectivity index (χ0) is 17.3. The largest absolute Gasteiger partial charge is 0.480 e. The second kappa shape index (κ2) is 6.19. The molecule has 0 spiro atoms. The van der Waals surface area contributed by atoms with Crippen LogP contribution in [0.2, 0.25) is 0 Å². The quantitative estimate of drug-likeness (QED) is 0.532. The van der Waals surface area contributed by atoms with Gasteiger partial charge in [0.2, 0.25) is 12.7 Å². The molecule has 0 saturated heterocycles. The molecule has 23 heavy (non-hydrogen) atoms. The van der Waals surface area contributed by atoms with Crippen molar-refractivity contribution in [3.63, 3.8) is 0 Å². The van der Waals surface area contributed by atoms with Crippen LogP contribution in [-0.4, -0.2) is 45.3 Å². The molecule has 1 aliphatic heterocycles. The van der Waals surface area contributed by atoms with E-state index in [9.17, 15) is 23.9 Å². The zero-order valence-electron chi connectivity index (χ0n) is 12.2. The summed E-state index contributed by atoms with van der Waals surface area (Å²) in [6, 6.07) is 4.67. The van der Waals surface area contributed by atoms with Gasteiger partial charge in [-0.1, -0.05) is 6.07 Å². The predicted molar refractivity (Wildman–Crippen MR) is 77.4 cm³/mol. The summed E-state index contributed by atoms with van der Waals surface area (Å²) in [6.07, 6.45) is -0.292. The number of rotatable bonds is 6. The molecule has 1 aromatic carbocycles. The maximum atomic E-state index is 12.1. The number of ether oxygens (including phenoxy) is 2. The molecule has 126 valence electrons. The number of amides is 1. The van der Waals surface area contributed by atoms with Gasteiger partial charge in [-0.15, -0.1) is 0 Å². The number of carboxylic acids is 1. The molecule has 1 amide bonds. The Morgan fingerprint density at radius 3 is 2.57 bits per heavy atom. The summed E-state index contributed by atoms with van der Waals surface area (Å²) in [7, 11) is -4.87. The highest BCUT2D eigenvalue weighted by Crippen LogP contribution is 2.52. The van der Waals surface area contributed by atoms with E-state index < -0.39 is 31.2 Å². The molecule has 0 saturated carbocycles. The standard InChI is InChI=1S/C13H16NO8P/c1-13(23(18,19)20,12(17)14-6-11(15)16)5-8-2-3-9-10(4-8)22-7-21-9/h2-4H,5-7H2,1H3,(H,14,17)(H,15,16)(H2,18,19,20). The van der Waals surface area contributed by atoms with Crippen molar-refractivity contribution in [2.24, 2.45) is 0 Å². The first-order valence-electron chi connectivity index (χ1n) is 6.58. The summed E-state index contributed by atoms with van der Waals surface area (Å²) >= 11 is 0. The Balaban J connectivity index is 2.26. The lowest BCUT2D eigenvalue weighted by molar-refractivity contribution is -0.138. The summed E-state index contributed by atoms with van der Waals surface area (Å²) < 4.78 is 22.1. The van der Waals surface area contributed by atoms with Crippen molar-refractivity contribution in [3.8, 4) is 11.5 Å². The van der Waals surface area contributed by atoms with Crippen LogP contribution in [0, 0.1) is 0 Å². The van der Waals surface area contributed by atoms with Crippen molar-refractivity contribution < 1.29 is 38.5 Å². The molecule has 1 atom stereocenters. The van der Waals surface area contributed by atoms with Crippen molar-refractivity contribution >= 4 is 19.5 Å². The third-order valence-electron chi connectivity index (χ3n) is 3.52. The topological polar surface area (TPSA) is 142 Å². The molecule has 0 aromatic heterocycles. The molecule has 10 heteroatoms. The van der Waals surface area contributed by atoms with E-state index in [1.807, 2.05) is 5.32 Å². The number of aliphatic carboxylic acids is 1. The minimum Gasteiger partial charge on any atom is -0.480 e. The fourth-order valence-corrected chi connectivity index (χ4v) is 2.84. The highest BCUT2D eigenvalue weighted by Gasteiger charge is 2.49. The number of hydrogen-bond donors (Lipinski definition) is 4. The first-order chi connectivity index (χ1) is 10.6. The highest BCUT2D eigenvalue weighted by atomic mass is 31.2. The maximum absolute atomic E-state index is 12.1. The average molecular weight is 345 g/mol. The fourth-order valence-electron chi connectivity index (χ4n) is 2.11. The molecule has 0 radical (unpaired) electrons. The lowest BCUT2D eigenvalue weighted by atomic mass is 9.99. The van der Waals surface area contributed by atoms with Gasteiger partial charge < -0.3 is 29.7 Å². The number of carboxylic acid groups (broad SMARTS) is 1. The van der Waals surface area contributed by atoms with Gasteiger partial charge in [0, 0.05) is 0 Å². The Kier molecular flexibility index (Phi) is 4.65. The highest BCUT2D eigenvalue weighted by molar-refractivity contribution is 7.54. The van der Waals surface area contributed by atoms with Crippen LogP contribution in [0.25, 0.3) is 0 Å². The van der Waals surface area contributed by atoms with E-state index in [4.69, 9.17) is 14.6 Å². The second-order valence-electron chi connectivity index (χ2n) is 5.26. The summed E-state index contributed by atoms with van der Waals surface area (Å²) in [5.74, 6) is -1.43. The third kappa shape index (κ3) is 3.64. The Bertz CT molecular complexity index is 685. The average Bonchev–Trinajstić information content (AvgIpc) is 2.90. The van der Waals surface area contributed by atoms with Gasteiger partial charge in [-0.3, -0.25) is 14.2 Å². The Morgan fingerprint density at radius 1 is 1.30 bits per heavy atom. The molecular weight excluding hydrogens is 329 g/mol. The van der Waals surface area contributed by atoms with Crippen LogP contribution in [0.5, 0.6) is 11.5 Å². The van der Waals surface area contributed by atoms with E-state index in [0.717, 1.165) is 6.92 Å². The van der Waals surface area contributed by atoms with Crippen LogP contribution in [0.15, 0.2) is 18.2 Å². The Labute approximate surface area is 131 Å². The summed E-state index contributed by atoms with van der Waals surface area (Å²) in [4.78, 5) is 41.8. The predicted octanol–water partition coefficient (Wildman–Crippen LogP) is 0.0950. The molecule has 4 N–H and O–H groups in total. The molecule has 1 aromatic rings. The minimum atomic E-state index is -4.87. The third-order valence-corrected chi connectivity index (χ3v) is 5.16. The Hall–Kier alpha value is -2.09. The van der Waals surface area contributed by atoms with Crippen molar-refractivity contribution in [1.82, 2.24) is 5.32 Å². The van der Waals surface area contributed by atoms with Crippen LogP contribution in [0.3, 0.4) is 0 Å². The van der Waals surface area contributed by atoms with Gasteiger partial charge in [0.15, 0.2) is 16.7 Å². The number of carbonyl (C=O) groups excluding carboxylic acids is 1. The molecule has 9 nitrogen and oxygen atoms in total. The molecule has 1 unspecified atom stereocenters. The van der Waals surface area contributed by atoms with E-state index in [1.165, 1.54) is 6.07 Å². The molecular formula is C13H16NO8P. The lowest BCUT2D eigenvalue weighted by Crippen LogP contribution is -2.47. The van der Waals surface area contributed by atoms with E-state index in [0.29, 0.717) is 17.1 Å². The lowest BCUT2D eigenvalue weighted by Gasteiger charge is -2.29. The molecule has 0 fully saturated rings. The number of hydrogen-bond acceptors (Lipinski definition) is 5. The van der Waals surface area contributed by atoms with Crippen LogP contribution in [0.1, 0.15) is 12.5 Å². The first-order valence-corrected chi connectivity index (χ1v) is 8.19. The first kappa shape index (κ1) is 17.3. The van der Waals surface area contributed by atoms with Crippen molar-refractivity contribution in [1.29, 1.82) is 0 Å². The number of benzene rings is 1. The van der Waals surface area contributed by atoms with E-state index in [1.54, 1.807) is 12.1 Å². The van der Waals surface area contributed by atoms with Crippen LogP contribution >= 0.6 is 7.60 Å². The van der Waals surface area contributed by atoms with Gasteiger partial charge in [0.25, 0.3) is 0 Å². The summed E-state index contributed by atoms with van der Waals surface area (Å²) in [5.41, 5.74) is 0.450. The second-order valence-corrected chi connectivity index (χ2v) is 7.33. The van der Waals surface area contributed by atoms with E-state index in [-0.39, 0.29) is 13.2 Å². The van der Waals surface area contributed by atoms with Gasteiger partial charge in [0.05, 0.1) is 0 Å². The molecule has 0 aliphatic carbocycles. The van der Waals surface area contributed by atoms with E-state index >= 15 is 0 Å². The van der Waals surface area contributed by atoms with Crippen molar-refractivity contribution in [2.75, 3.05) is 13.3 Å². The smallest absolute Gasteiger partial charge is 0.341 e. The molecule has 0 bridgehead atoms. The minimum absolute atomic E-state index is 0.0493. The van der Waals surface area contributed by atoms with Crippen LogP contribution < -0.4 is 14.8 Å². The summed E-state index contributed by atoms with van der Waals surface area (Å²) in [5, 5.41) is 8.50. The normalized spacial score (nSPS) is 15.8. The van der Waals surface area contributed by atoms with Crippen molar-refractivity contribution in [3.05, 3.63) is 23.8 Å². The number of nitrogens with one attached hydrogen (secondary N) is 1. The number of fused-ring (bicyclic) bond motifs is 1. The number of carbonyl (C=O) groups is 2. The molecule has 2 rings (SSSR count). The zero-order valence-corrected chi connectivity index (χ0v) is 13.1. The van der Waals surface area contributed by atoms with Crippen LogP contribution in [-0.2, 0) is 20.6 Å². The maximum Gasteiger partial charge on any atom is 0.341 e. The molecule has 1 heterocycles. The van der Waals surface area contributed by atoms with Crippen molar-refractivity contribution in [2.45, 2.75) is 18.5 Å². The molecule has 1 aliphatic rings. The summed E-state index contributed by atoms with van der Waals surface area (Å²) in [6.45, 7) is 0.415. The SMILES string of the molecule is CC(Cc1ccc2c(c1)OCO2)(C(=O)NCC(=O)O)P(=O)(O)O. The fraction of sp³-hybridized carbons (Fsp3) is 0.385. The van der Waals surface area contributed by atoms with Gasteiger partial charge in [0.1, 0.15) is 6.54 Å².